The van der Waals surface area contributed by atoms with Crippen molar-refractivity contribution in [2.24, 2.45) is 0 Å². The summed E-state index contributed by atoms with van der Waals surface area (Å²) in [7, 11) is 0. The van der Waals surface area contributed by atoms with Gasteiger partial charge in [-0.05, 0) is 17.0 Å². The number of imidazole rings is 1. The van der Waals surface area contributed by atoms with Gasteiger partial charge in [0, 0.05) is 6.20 Å². The van der Waals surface area contributed by atoms with Crippen LogP contribution >= 0.6 is 0 Å². The van der Waals surface area contributed by atoms with Gasteiger partial charge in [0.15, 0.2) is 0 Å². The van der Waals surface area contributed by atoms with Gasteiger partial charge in [0.25, 0.3) is 0 Å². The van der Waals surface area contributed by atoms with Gasteiger partial charge in [0.1, 0.15) is 0 Å². The first kappa shape index (κ1) is 44.6. The molecule has 0 N–H and O–H groups in total. The zero-order chi connectivity index (χ0) is 58.9. The first-order valence-electron chi connectivity index (χ1n) is 29.4. The second kappa shape index (κ2) is 19.0. The van der Waals surface area contributed by atoms with Crippen LogP contribution in [0.5, 0.6) is 11.5 Å². The maximum absolute atomic E-state index is 9.54. The first-order valence-corrected chi connectivity index (χ1v) is 28.1. The Kier molecular flexibility index (Phi) is 10.7. The van der Waals surface area contributed by atoms with Gasteiger partial charge < -0.3 is 0 Å². The van der Waals surface area contributed by atoms with Gasteiger partial charge in [-0.1, -0.05) is 32.9 Å². The van der Waals surface area contributed by atoms with E-state index in [-0.39, 0.29) is 33.9 Å². The number of fused-ring (bicyclic) bond motifs is 7. The van der Waals surface area contributed by atoms with Crippen LogP contribution in [0.2, 0.25) is 0 Å². The van der Waals surface area contributed by atoms with E-state index in [2.05, 4.69) is 251 Å². The second-order valence-electron chi connectivity index (χ2n) is 23.7. The van der Waals surface area contributed by atoms with Gasteiger partial charge >= 0.3 is 426 Å². The molecule has 13 rings (SSSR count). The Morgan fingerprint density at radius 1 is 0.430 bits per heavy atom. The molecule has 4 aromatic heterocycles. The number of rotatable bonds is 7. The van der Waals surface area contributed by atoms with E-state index < -0.39 is 18.1 Å². The van der Waals surface area contributed by atoms with E-state index in [1.165, 1.54) is 5.56 Å². The van der Waals surface area contributed by atoms with Crippen molar-refractivity contribution in [3.05, 3.63) is 239 Å². The predicted molar refractivity (Wildman–Crippen MR) is 326 cm³/mol. The fourth-order valence-electron chi connectivity index (χ4n) is 11.3. The Hall–Kier alpha value is -8.31. The summed E-state index contributed by atoms with van der Waals surface area (Å²) in [4.78, 5) is 4.95. The van der Waals surface area contributed by atoms with Crippen LogP contribution in [-0.4, -0.2) is 23.1 Å². The SMILES string of the molecule is [2H]c1c([2H])c([2H])c(-c2cccc(-c3cc(C(C)(C)C)cc(C(C)(C)C)c3)c2-n2[c](=[Pt])n3c4cc(Oc5ccc6c7ccccc7n(-c7cc(C(C)(C)C)ccn7)c6c5)ccc4n(-c4ccccc4)c4ccccc4c4cccc2c43)c([2H])c1[2H]. The Morgan fingerprint density at radius 2 is 0.987 bits per heavy atom. The summed E-state index contributed by atoms with van der Waals surface area (Å²) in [5, 5.41) is 4.20. The van der Waals surface area contributed by atoms with E-state index in [1.807, 2.05) is 36.5 Å². The number of nitrogens with zero attached hydrogens (tertiary/aromatic N) is 5. The van der Waals surface area contributed by atoms with Gasteiger partial charge in [0.05, 0.1) is 0 Å². The Balaban J connectivity index is 1.16. The number of pyridine rings is 1. The van der Waals surface area contributed by atoms with Gasteiger partial charge in [-0.15, -0.1) is 0 Å². The summed E-state index contributed by atoms with van der Waals surface area (Å²) < 4.78 is 62.8. The van der Waals surface area contributed by atoms with Gasteiger partial charge in [0.2, 0.25) is 0 Å². The topological polar surface area (TPSA) is 41.3 Å². The third-order valence-electron chi connectivity index (χ3n) is 15.4. The Bertz CT molecular complexity index is 4910. The quantitative estimate of drug-likeness (QED) is 0.160. The number of hydrogen-bond donors (Lipinski definition) is 0. The molecule has 0 amide bonds. The van der Waals surface area contributed by atoms with Crippen molar-refractivity contribution in [2.75, 3.05) is 0 Å². The average Bonchev–Trinajstić information content (AvgIpc) is 1.61. The van der Waals surface area contributed by atoms with Crippen LogP contribution in [0.3, 0.4) is 0 Å². The molecule has 0 saturated heterocycles. The van der Waals surface area contributed by atoms with Crippen LogP contribution in [0.1, 0.15) is 85.9 Å². The third-order valence-corrected chi connectivity index (χ3v) is 16.4. The normalized spacial score (nSPS) is 13.3. The molecule has 7 heteroatoms. The van der Waals surface area contributed by atoms with E-state index in [9.17, 15) is 2.74 Å². The van der Waals surface area contributed by atoms with E-state index >= 15 is 0 Å². The van der Waals surface area contributed by atoms with Crippen LogP contribution in [0.15, 0.2) is 218 Å². The van der Waals surface area contributed by atoms with Crippen molar-refractivity contribution in [1.82, 2.24) is 23.1 Å². The minimum atomic E-state index is -0.442. The number of para-hydroxylation sites is 5. The molecule has 79 heavy (non-hydrogen) atoms. The fourth-order valence-corrected chi connectivity index (χ4v) is 12.4. The van der Waals surface area contributed by atoms with Crippen LogP contribution in [0.25, 0.3) is 99.6 Å². The van der Waals surface area contributed by atoms with Crippen molar-refractivity contribution in [2.45, 2.75) is 78.6 Å². The molecule has 0 aliphatic rings. The number of hydrogen-bond acceptors (Lipinski definition) is 2. The number of aromatic nitrogens is 5. The minimum absolute atomic E-state index is 0.0829. The van der Waals surface area contributed by atoms with E-state index in [0.29, 0.717) is 22.7 Å². The first-order chi connectivity index (χ1) is 40.1. The summed E-state index contributed by atoms with van der Waals surface area (Å²) in [5.74, 6) is 2.10. The summed E-state index contributed by atoms with van der Waals surface area (Å²) in [6.45, 7) is 20.0. The molecule has 6 nitrogen and oxygen atoms in total. The van der Waals surface area contributed by atoms with E-state index in [1.54, 1.807) is 0 Å². The molecule has 9 aromatic carbocycles. The molecule has 0 aliphatic heterocycles. The standard InChI is InChI=1S/C72H63N5O.Pt/c1-70(2,3)49-38-39-73-67(43-49)77-62-32-19-16-26-57(62)59-36-34-53(44-65(59)77)78-54-35-37-63-66(45-54)75-46-74(64-33-21-30-60(69(64)75)58-27-17-18-31-61(58)76(63)52-24-14-11-15-25-52)68-55(47-22-12-10-13-23-47)28-20-29-56(68)48-40-50(71(4,5)6)42-51(41-48)72(7,8)9;/h10-45H,1-9H3;/i10D,12D,13D,22D,23D;. The van der Waals surface area contributed by atoms with Crippen molar-refractivity contribution in [3.8, 4) is 50.9 Å². The van der Waals surface area contributed by atoms with Crippen molar-refractivity contribution in [1.29, 1.82) is 0 Å². The molecule has 4 heterocycles. The molecular formula is C72H63N5OPt. The number of ether oxygens (including phenoxy) is 1. The monoisotopic (exact) mass is 1210 g/mol. The van der Waals surface area contributed by atoms with Crippen molar-refractivity contribution >= 4 is 60.2 Å². The van der Waals surface area contributed by atoms with E-state index in [0.717, 1.165) is 97.7 Å². The van der Waals surface area contributed by atoms with Gasteiger partial charge in [-0.3, -0.25) is 0 Å². The predicted octanol–water partition coefficient (Wildman–Crippen LogP) is 19.1. The van der Waals surface area contributed by atoms with Crippen LogP contribution in [0, 0.1) is 3.80 Å². The Labute approximate surface area is 479 Å². The molecular weight excluding hydrogens is 1150 g/mol. The summed E-state index contributed by atoms with van der Waals surface area (Å²) in [5.41, 5.74) is 13.5. The molecule has 392 valence electrons. The molecule has 0 spiro atoms. The van der Waals surface area contributed by atoms with Crippen molar-refractivity contribution in [3.63, 3.8) is 0 Å². The zero-order valence-electron chi connectivity index (χ0n) is 50.9. The van der Waals surface area contributed by atoms with Crippen LogP contribution in [-0.2, 0) is 35.6 Å². The molecule has 0 fully saturated rings. The molecule has 0 saturated carbocycles. The zero-order valence-corrected chi connectivity index (χ0v) is 48.1. The average molecular weight is 1210 g/mol. The third kappa shape index (κ3) is 8.69. The summed E-state index contributed by atoms with van der Waals surface area (Å²) in [6, 6.07) is 61.7. The molecule has 0 bridgehead atoms. The van der Waals surface area contributed by atoms with Crippen LogP contribution in [0.4, 0.5) is 0 Å². The molecule has 0 radical (unpaired) electrons. The summed E-state index contributed by atoms with van der Waals surface area (Å²) >= 11 is 2.44. The number of benzene rings is 9. The Morgan fingerprint density at radius 3 is 1.67 bits per heavy atom. The molecule has 0 aliphatic carbocycles. The second-order valence-corrected chi connectivity index (χ2v) is 24.7. The van der Waals surface area contributed by atoms with E-state index in [4.69, 9.17) is 13.8 Å². The molecule has 13 aromatic rings. The molecule has 0 unspecified atom stereocenters. The van der Waals surface area contributed by atoms with Gasteiger partial charge in [-0.25, -0.2) is 0 Å². The molecule has 0 atom stereocenters. The summed E-state index contributed by atoms with van der Waals surface area (Å²) in [6.07, 6.45) is 1.90. The van der Waals surface area contributed by atoms with Gasteiger partial charge in [-0.2, -0.15) is 0 Å². The van der Waals surface area contributed by atoms with Crippen molar-refractivity contribution < 1.29 is 30.9 Å². The maximum atomic E-state index is 9.54. The fraction of sp³-hybridized carbons (Fsp3) is 0.167. The van der Waals surface area contributed by atoms with Crippen LogP contribution < -0.4 is 4.74 Å².